The molecule has 6 nitrogen and oxygen atoms in total. The predicted octanol–water partition coefficient (Wildman–Crippen LogP) is 2.30. The summed E-state index contributed by atoms with van der Waals surface area (Å²) in [6.45, 7) is 6.53. The SMILES string of the molecule is CCCc1nc2c(c(=O)[nH]1)CN(Cc1c(C)nc3sccn13)CC2. The molecule has 1 N–H and O–H groups in total. The lowest BCUT2D eigenvalue weighted by molar-refractivity contribution is 0.237. The Bertz CT molecular complexity index is 938. The maximum atomic E-state index is 12.4. The van der Waals surface area contributed by atoms with Gasteiger partial charge in [0.25, 0.3) is 5.56 Å². The summed E-state index contributed by atoms with van der Waals surface area (Å²) in [5.41, 5.74) is 4.10. The van der Waals surface area contributed by atoms with Crippen LogP contribution in [-0.4, -0.2) is 30.8 Å². The van der Waals surface area contributed by atoms with Crippen LogP contribution in [0.15, 0.2) is 16.4 Å². The molecule has 3 aromatic rings. The quantitative estimate of drug-likeness (QED) is 0.789. The van der Waals surface area contributed by atoms with E-state index < -0.39 is 0 Å². The van der Waals surface area contributed by atoms with Crippen molar-refractivity contribution in [2.75, 3.05) is 6.54 Å². The Morgan fingerprint density at radius 3 is 3.08 bits per heavy atom. The summed E-state index contributed by atoms with van der Waals surface area (Å²) >= 11 is 1.65. The van der Waals surface area contributed by atoms with E-state index in [2.05, 4.69) is 49.7 Å². The Morgan fingerprint density at radius 2 is 2.25 bits per heavy atom. The summed E-state index contributed by atoms with van der Waals surface area (Å²) < 4.78 is 2.16. The number of thiazole rings is 1. The van der Waals surface area contributed by atoms with Crippen LogP contribution in [0.5, 0.6) is 0 Å². The van der Waals surface area contributed by atoms with Gasteiger partial charge in [-0.1, -0.05) is 6.92 Å². The number of fused-ring (bicyclic) bond motifs is 2. The van der Waals surface area contributed by atoms with Crippen molar-refractivity contribution in [1.82, 2.24) is 24.3 Å². The van der Waals surface area contributed by atoms with Gasteiger partial charge >= 0.3 is 0 Å². The zero-order chi connectivity index (χ0) is 16.7. The van der Waals surface area contributed by atoms with Gasteiger partial charge in [0.1, 0.15) is 5.82 Å². The van der Waals surface area contributed by atoms with Crippen molar-refractivity contribution in [1.29, 1.82) is 0 Å². The fourth-order valence-electron chi connectivity index (χ4n) is 3.37. The lowest BCUT2D eigenvalue weighted by Gasteiger charge is -2.27. The number of nitrogens with zero attached hydrogens (tertiary/aromatic N) is 4. The van der Waals surface area contributed by atoms with E-state index in [1.807, 2.05) is 0 Å². The fourth-order valence-corrected chi connectivity index (χ4v) is 4.14. The number of hydrogen-bond donors (Lipinski definition) is 1. The van der Waals surface area contributed by atoms with Crippen molar-refractivity contribution in [2.24, 2.45) is 0 Å². The zero-order valence-corrected chi connectivity index (χ0v) is 14.8. The molecule has 4 rings (SSSR count). The highest BCUT2D eigenvalue weighted by Crippen LogP contribution is 2.21. The Labute approximate surface area is 144 Å². The van der Waals surface area contributed by atoms with E-state index in [-0.39, 0.29) is 5.56 Å². The molecule has 7 heteroatoms. The minimum Gasteiger partial charge on any atom is -0.310 e. The first-order valence-corrected chi connectivity index (χ1v) is 9.28. The van der Waals surface area contributed by atoms with E-state index >= 15 is 0 Å². The third-order valence-corrected chi connectivity index (χ3v) is 5.37. The molecule has 0 atom stereocenters. The van der Waals surface area contributed by atoms with Crippen LogP contribution in [0.2, 0.25) is 0 Å². The molecular weight excluding hydrogens is 322 g/mol. The largest absolute Gasteiger partial charge is 0.310 e. The maximum Gasteiger partial charge on any atom is 0.255 e. The highest BCUT2D eigenvalue weighted by molar-refractivity contribution is 7.15. The van der Waals surface area contributed by atoms with Gasteiger partial charge in [-0.3, -0.25) is 14.1 Å². The van der Waals surface area contributed by atoms with Gasteiger partial charge in [-0.15, -0.1) is 11.3 Å². The first kappa shape index (κ1) is 15.5. The second-order valence-electron chi connectivity index (χ2n) is 6.35. The number of rotatable bonds is 4. The number of hydrogen-bond acceptors (Lipinski definition) is 5. The van der Waals surface area contributed by atoms with Crippen LogP contribution < -0.4 is 5.56 Å². The minimum atomic E-state index is 0.0267. The van der Waals surface area contributed by atoms with Gasteiger partial charge in [0.05, 0.1) is 22.6 Å². The third kappa shape index (κ3) is 2.67. The number of aryl methyl sites for hydroxylation is 2. The minimum absolute atomic E-state index is 0.0267. The van der Waals surface area contributed by atoms with Crippen molar-refractivity contribution in [2.45, 2.75) is 46.2 Å². The lowest BCUT2D eigenvalue weighted by Crippen LogP contribution is -2.36. The van der Waals surface area contributed by atoms with Gasteiger partial charge in [-0.25, -0.2) is 9.97 Å². The summed E-state index contributed by atoms with van der Waals surface area (Å²) in [4.78, 5) is 28.0. The summed E-state index contributed by atoms with van der Waals surface area (Å²) in [7, 11) is 0. The van der Waals surface area contributed by atoms with Gasteiger partial charge in [0.15, 0.2) is 4.96 Å². The number of imidazole rings is 1. The molecule has 1 aliphatic rings. The molecule has 0 amide bonds. The van der Waals surface area contributed by atoms with Crippen LogP contribution in [0.1, 0.15) is 41.8 Å². The van der Waals surface area contributed by atoms with Crippen LogP contribution >= 0.6 is 11.3 Å². The van der Waals surface area contributed by atoms with E-state index in [0.29, 0.717) is 6.54 Å². The Balaban J connectivity index is 1.59. The number of nitrogens with one attached hydrogen (secondary N) is 1. The predicted molar refractivity (Wildman–Crippen MR) is 94.5 cm³/mol. The van der Waals surface area contributed by atoms with Gasteiger partial charge in [-0.2, -0.15) is 0 Å². The average molecular weight is 343 g/mol. The molecule has 4 heterocycles. The number of aromatic amines is 1. The molecule has 24 heavy (non-hydrogen) atoms. The van der Waals surface area contributed by atoms with Gasteiger partial charge in [0, 0.05) is 44.1 Å². The smallest absolute Gasteiger partial charge is 0.255 e. The molecule has 126 valence electrons. The van der Waals surface area contributed by atoms with Crippen molar-refractivity contribution in [3.8, 4) is 0 Å². The molecule has 0 aliphatic carbocycles. The van der Waals surface area contributed by atoms with Crippen LogP contribution in [0.3, 0.4) is 0 Å². The molecule has 0 fully saturated rings. The zero-order valence-electron chi connectivity index (χ0n) is 14.0. The monoisotopic (exact) mass is 343 g/mol. The van der Waals surface area contributed by atoms with Crippen LogP contribution in [0.4, 0.5) is 0 Å². The van der Waals surface area contributed by atoms with Crippen molar-refractivity contribution in [3.63, 3.8) is 0 Å². The summed E-state index contributed by atoms with van der Waals surface area (Å²) in [5, 5.41) is 2.06. The van der Waals surface area contributed by atoms with E-state index in [9.17, 15) is 4.79 Å². The van der Waals surface area contributed by atoms with E-state index in [4.69, 9.17) is 0 Å². The van der Waals surface area contributed by atoms with Gasteiger partial charge < -0.3 is 4.98 Å². The molecule has 0 spiro atoms. The molecule has 0 radical (unpaired) electrons. The highest BCUT2D eigenvalue weighted by Gasteiger charge is 2.23. The number of H-pyrrole nitrogens is 1. The van der Waals surface area contributed by atoms with Crippen molar-refractivity contribution >= 4 is 16.3 Å². The molecule has 0 bridgehead atoms. The molecule has 3 aromatic heterocycles. The normalized spacial score (nSPS) is 15.1. The Hall–Kier alpha value is -1.99. The fraction of sp³-hybridized carbons (Fsp3) is 0.471. The first-order chi connectivity index (χ1) is 11.7. The number of aromatic nitrogens is 4. The molecule has 0 saturated carbocycles. The summed E-state index contributed by atoms with van der Waals surface area (Å²) in [6, 6.07) is 0. The molecule has 1 aliphatic heterocycles. The first-order valence-electron chi connectivity index (χ1n) is 8.40. The molecule has 0 unspecified atom stereocenters. The van der Waals surface area contributed by atoms with E-state index in [0.717, 1.165) is 60.1 Å². The summed E-state index contributed by atoms with van der Waals surface area (Å²) in [6.07, 6.45) is 4.72. The Kier molecular flexibility index (Phi) is 3.97. The second kappa shape index (κ2) is 6.14. The topological polar surface area (TPSA) is 66.3 Å². The van der Waals surface area contributed by atoms with Crippen molar-refractivity contribution in [3.05, 3.63) is 50.4 Å². The van der Waals surface area contributed by atoms with Crippen LogP contribution in [-0.2, 0) is 25.9 Å². The molecule has 0 saturated heterocycles. The lowest BCUT2D eigenvalue weighted by atomic mass is 10.1. The van der Waals surface area contributed by atoms with E-state index in [1.165, 1.54) is 5.69 Å². The van der Waals surface area contributed by atoms with Crippen molar-refractivity contribution < 1.29 is 0 Å². The summed E-state index contributed by atoms with van der Waals surface area (Å²) in [5.74, 6) is 0.821. The molecule has 0 aromatic carbocycles. The Morgan fingerprint density at radius 1 is 1.38 bits per heavy atom. The van der Waals surface area contributed by atoms with Crippen LogP contribution in [0.25, 0.3) is 4.96 Å². The third-order valence-electron chi connectivity index (χ3n) is 4.62. The maximum absolute atomic E-state index is 12.4. The highest BCUT2D eigenvalue weighted by atomic mass is 32.1. The average Bonchev–Trinajstić information content (AvgIpc) is 3.11. The second-order valence-corrected chi connectivity index (χ2v) is 7.22. The van der Waals surface area contributed by atoms with Gasteiger partial charge in [0.2, 0.25) is 0 Å². The van der Waals surface area contributed by atoms with Crippen LogP contribution in [0, 0.1) is 6.92 Å². The standard InChI is InChI=1S/C17H21N5OS/c1-3-4-15-19-13-5-6-21(9-12(13)16(23)20-15)10-14-11(2)18-17-22(14)7-8-24-17/h7-8H,3-6,9-10H2,1-2H3,(H,19,20,23). The molecular formula is C17H21N5OS. The van der Waals surface area contributed by atoms with Gasteiger partial charge in [-0.05, 0) is 13.3 Å². The van der Waals surface area contributed by atoms with E-state index in [1.54, 1.807) is 11.3 Å².